The summed E-state index contributed by atoms with van der Waals surface area (Å²) in [4.78, 5) is 21.0. The van der Waals surface area contributed by atoms with E-state index in [-0.39, 0.29) is 23.1 Å². The van der Waals surface area contributed by atoms with Crippen LogP contribution in [0.5, 0.6) is 0 Å². The molecular formula is C18H22ClIN2O2. The van der Waals surface area contributed by atoms with Gasteiger partial charge < -0.3 is 4.74 Å². The van der Waals surface area contributed by atoms with Gasteiger partial charge in [0.1, 0.15) is 0 Å². The van der Waals surface area contributed by atoms with E-state index in [2.05, 4.69) is 52.5 Å². The van der Waals surface area contributed by atoms with Crippen LogP contribution in [0.1, 0.15) is 51.6 Å². The van der Waals surface area contributed by atoms with E-state index in [0.29, 0.717) is 13.0 Å². The number of benzene rings is 1. The van der Waals surface area contributed by atoms with Crippen LogP contribution in [0, 0.1) is 9.49 Å². The summed E-state index contributed by atoms with van der Waals surface area (Å²) in [7, 11) is 0. The SMILES string of the molecule is CCCC(CC(C)c1nc(Cl)nc2ccc(I)cc12)C(=O)OCC. The lowest BCUT2D eigenvalue weighted by Gasteiger charge is -2.20. The van der Waals surface area contributed by atoms with E-state index in [1.807, 2.05) is 19.1 Å². The van der Waals surface area contributed by atoms with Crippen molar-refractivity contribution in [3.05, 3.63) is 32.7 Å². The molecule has 1 aromatic carbocycles. The molecule has 0 saturated heterocycles. The Morgan fingerprint density at radius 3 is 2.75 bits per heavy atom. The van der Waals surface area contributed by atoms with Gasteiger partial charge in [0.25, 0.3) is 0 Å². The van der Waals surface area contributed by atoms with Crippen LogP contribution < -0.4 is 0 Å². The zero-order valence-electron chi connectivity index (χ0n) is 14.2. The van der Waals surface area contributed by atoms with Crippen LogP contribution in [0.25, 0.3) is 10.9 Å². The summed E-state index contributed by atoms with van der Waals surface area (Å²) >= 11 is 8.38. The standard InChI is InChI=1S/C18H22ClIN2O2/c1-4-6-12(17(23)24-5-2)9-11(3)16-14-10-13(20)7-8-15(14)21-18(19)22-16/h7-8,10-12H,4-6,9H2,1-3H3. The molecule has 1 aromatic heterocycles. The van der Waals surface area contributed by atoms with E-state index in [1.165, 1.54) is 0 Å². The fourth-order valence-electron chi connectivity index (χ4n) is 2.95. The number of carbonyl (C=O) groups is 1. The van der Waals surface area contributed by atoms with Crippen molar-refractivity contribution in [1.29, 1.82) is 0 Å². The molecule has 2 aromatic rings. The van der Waals surface area contributed by atoms with Gasteiger partial charge in [0, 0.05) is 8.96 Å². The summed E-state index contributed by atoms with van der Waals surface area (Å²) in [6.45, 7) is 6.41. The molecule has 2 atom stereocenters. The summed E-state index contributed by atoms with van der Waals surface area (Å²) < 4.78 is 6.35. The van der Waals surface area contributed by atoms with Crippen LogP contribution in [0.3, 0.4) is 0 Å². The van der Waals surface area contributed by atoms with Crippen LogP contribution in [-0.4, -0.2) is 22.5 Å². The van der Waals surface area contributed by atoms with Crippen LogP contribution in [0.4, 0.5) is 0 Å². The molecule has 0 saturated carbocycles. The number of ether oxygens (including phenoxy) is 1. The van der Waals surface area contributed by atoms with Crippen LogP contribution in [-0.2, 0) is 9.53 Å². The third-order valence-electron chi connectivity index (χ3n) is 4.02. The number of rotatable bonds is 7. The molecule has 0 aliphatic rings. The van der Waals surface area contributed by atoms with Gasteiger partial charge in [-0.1, -0.05) is 20.3 Å². The second-order valence-electron chi connectivity index (χ2n) is 5.91. The molecule has 1 heterocycles. The predicted octanol–water partition coefficient (Wildman–Crippen LogP) is 5.36. The highest BCUT2D eigenvalue weighted by molar-refractivity contribution is 14.1. The molecule has 4 nitrogen and oxygen atoms in total. The lowest BCUT2D eigenvalue weighted by molar-refractivity contribution is -0.148. The van der Waals surface area contributed by atoms with E-state index in [1.54, 1.807) is 0 Å². The summed E-state index contributed by atoms with van der Waals surface area (Å²) in [5.41, 5.74) is 1.73. The largest absolute Gasteiger partial charge is 0.466 e. The minimum atomic E-state index is -0.120. The summed E-state index contributed by atoms with van der Waals surface area (Å²) in [6, 6.07) is 6.02. The number of esters is 1. The van der Waals surface area contributed by atoms with Gasteiger partial charge in [0.15, 0.2) is 0 Å². The summed E-state index contributed by atoms with van der Waals surface area (Å²) in [5.74, 6) is -0.145. The van der Waals surface area contributed by atoms with Gasteiger partial charge in [-0.3, -0.25) is 4.79 Å². The number of halogens is 2. The maximum Gasteiger partial charge on any atom is 0.308 e. The molecule has 2 rings (SSSR count). The fraction of sp³-hybridized carbons (Fsp3) is 0.500. The van der Waals surface area contributed by atoms with Crippen molar-refractivity contribution < 1.29 is 9.53 Å². The van der Waals surface area contributed by atoms with Gasteiger partial charge in [-0.2, -0.15) is 0 Å². The highest BCUT2D eigenvalue weighted by atomic mass is 127. The Balaban J connectivity index is 2.34. The lowest BCUT2D eigenvalue weighted by Crippen LogP contribution is -2.20. The Hall–Kier alpha value is -0.950. The summed E-state index contributed by atoms with van der Waals surface area (Å²) in [6.07, 6.45) is 2.46. The van der Waals surface area contributed by atoms with Crippen molar-refractivity contribution in [2.24, 2.45) is 5.92 Å². The van der Waals surface area contributed by atoms with Crippen molar-refractivity contribution in [1.82, 2.24) is 9.97 Å². The molecule has 0 radical (unpaired) electrons. The topological polar surface area (TPSA) is 52.1 Å². The Bertz CT molecular complexity index is 723. The van der Waals surface area contributed by atoms with E-state index >= 15 is 0 Å². The average molecular weight is 461 g/mol. The molecule has 2 unspecified atom stereocenters. The first-order valence-corrected chi connectivity index (χ1v) is 9.71. The Morgan fingerprint density at radius 2 is 2.08 bits per heavy atom. The zero-order chi connectivity index (χ0) is 17.7. The fourth-order valence-corrected chi connectivity index (χ4v) is 3.62. The Labute approximate surface area is 161 Å². The van der Waals surface area contributed by atoms with E-state index in [0.717, 1.165) is 33.0 Å². The van der Waals surface area contributed by atoms with Crippen molar-refractivity contribution in [2.75, 3.05) is 6.61 Å². The first kappa shape index (κ1) is 19.4. The average Bonchev–Trinajstić information content (AvgIpc) is 2.54. The molecule has 6 heteroatoms. The number of aromatic nitrogens is 2. The first-order valence-electron chi connectivity index (χ1n) is 8.25. The minimum Gasteiger partial charge on any atom is -0.466 e. The number of hydrogen-bond donors (Lipinski definition) is 0. The highest BCUT2D eigenvalue weighted by Crippen LogP contribution is 2.31. The smallest absolute Gasteiger partial charge is 0.308 e. The second kappa shape index (κ2) is 8.94. The van der Waals surface area contributed by atoms with Gasteiger partial charge in [-0.15, -0.1) is 0 Å². The number of nitrogens with zero attached hydrogens (tertiary/aromatic N) is 2. The van der Waals surface area contributed by atoms with E-state index in [4.69, 9.17) is 16.3 Å². The van der Waals surface area contributed by atoms with Crippen molar-refractivity contribution in [2.45, 2.75) is 46.0 Å². The maximum absolute atomic E-state index is 12.2. The maximum atomic E-state index is 12.2. The van der Waals surface area contributed by atoms with Crippen LogP contribution in [0.2, 0.25) is 5.28 Å². The second-order valence-corrected chi connectivity index (χ2v) is 7.50. The first-order chi connectivity index (χ1) is 11.5. The minimum absolute atomic E-state index is 0.0900. The molecule has 24 heavy (non-hydrogen) atoms. The number of carbonyl (C=O) groups excluding carboxylic acids is 1. The molecule has 0 amide bonds. The van der Waals surface area contributed by atoms with Gasteiger partial charge in [-0.25, -0.2) is 9.97 Å². The third kappa shape index (κ3) is 4.79. The van der Waals surface area contributed by atoms with Crippen LogP contribution >= 0.6 is 34.2 Å². The third-order valence-corrected chi connectivity index (χ3v) is 4.86. The quantitative estimate of drug-likeness (QED) is 0.317. The normalized spacial score (nSPS) is 13.7. The number of fused-ring (bicyclic) bond motifs is 1. The summed E-state index contributed by atoms with van der Waals surface area (Å²) in [5, 5.41) is 1.24. The van der Waals surface area contributed by atoms with Gasteiger partial charge >= 0.3 is 5.97 Å². The molecule has 0 N–H and O–H groups in total. The van der Waals surface area contributed by atoms with Crippen molar-refractivity contribution in [3.8, 4) is 0 Å². The van der Waals surface area contributed by atoms with Crippen molar-refractivity contribution in [3.63, 3.8) is 0 Å². The predicted molar refractivity (Wildman–Crippen MR) is 105 cm³/mol. The Morgan fingerprint density at radius 1 is 1.33 bits per heavy atom. The van der Waals surface area contributed by atoms with E-state index in [9.17, 15) is 4.79 Å². The molecule has 0 bridgehead atoms. The monoisotopic (exact) mass is 460 g/mol. The molecular weight excluding hydrogens is 439 g/mol. The molecule has 0 aliphatic carbocycles. The molecule has 0 fully saturated rings. The van der Waals surface area contributed by atoms with Crippen LogP contribution in [0.15, 0.2) is 18.2 Å². The number of hydrogen-bond acceptors (Lipinski definition) is 4. The van der Waals surface area contributed by atoms with E-state index < -0.39 is 0 Å². The van der Waals surface area contributed by atoms with Gasteiger partial charge in [0.2, 0.25) is 5.28 Å². The van der Waals surface area contributed by atoms with Gasteiger partial charge in [0.05, 0.1) is 23.7 Å². The molecule has 0 aliphatic heterocycles. The Kier molecular flexibility index (Phi) is 7.22. The molecule has 130 valence electrons. The zero-order valence-corrected chi connectivity index (χ0v) is 17.1. The van der Waals surface area contributed by atoms with Crippen molar-refractivity contribution >= 4 is 51.1 Å². The lowest BCUT2D eigenvalue weighted by atomic mass is 9.89. The highest BCUT2D eigenvalue weighted by Gasteiger charge is 2.24. The molecule has 0 spiro atoms. The van der Waals surface area contributed by atoms with Gasteiger partial charge in [-0.05, 0) is 78.1 Å².